The van der Waals surface area contributed by atoms with Gasteiger partial charge in [0, 0.05) is 0 Å². The fraction of sp³-hybridized carbons (Fsp3) is 0.217. The van der Waals surface area contributed by atoms with Crippen molar-refractivity contribution in [3.8, 4) is 0 Å². The predicted molar refractivity (Wildman–Crippen MR) is 129 cm³/mol. The molecule has 0 spiro atoms. The summed E-state index contributed by atoms with van der Waals surface area (Å²) in [4.78, 5) is 72.4. The van der Waals surface area contributed by atoms with Gasteiger partial charge in [-0.2, -0.15) is 0 Å². The summed E-state index contributed by atoms with van der Waals surface area (Å²) in [7, 11) is 0. The van der Waals surface area contributed by atoms with Gasteiger partial charge in [-0.05, 0) is 31.2 Å². The number of carbonyl (C=O) groups excluding carboxylic acids is 5. The largest absolute Gasteiger partial charge is 0.481 e. The molecule has 2 rings (SSSR count). The lowest BCUT2D eigenvalue weighted by Gasteiger charge is -2.19. The molecule has 0 saturated heterocycles. The molecule has 0 heterocycles. The highest BCUT2D eigenvalue weighted by Gasteiger charge is 2.29. The van der Waals surface area contributed by atoms with Crippen LogP contribution in [0.3, 0.4) is 0 Å². The quantitative estimate of drug-likeness (QED) is 0.255. The summed E-state index contributed by atoms with van der Waals surface area (Å²) in [5, 5.41) is 15.2. The van der Waals surface area contributed by atoms with E-state index in [1.807, 2.05) is 10.6 Å². The number of rotatable bonds is 10. The van der Waals surface area contributed by atoms with Crippen LogP contribution in [0.1, 0.15) is 23.7 Å². The Morgan fingerprint density at radius 3 is 2.16 bits per heavy atom. The predicted octanol–water partition coefficient (Wildman–Crippen LogP) is 1.96. The van der Waals surface area contributed by atoms with Crippen molar-refractivity contribution in [2.45, 2.75) is 25.4 Å². The topological polar surface area (TPSA) is 168 Å². The first-order chi connectivity index (χ1) is 17.4. The van der Waals surface area contributed by atoms with Crippen LogP contribution in [0.4, 0.5) is 10.1 Å². The molecule has 2 aromatic rings. The normalized spacial score (nSPS) is 12.0. The van der Waals surface area contributed by atoms with Gasteiger partial charge in [0.2, 0.25) is 5.91 Å². The number of carboxylic acid groups (broad SMARTS) is 1. The Hall–Kier alpha value is -4.03. The molecule has 0 saturated carbocycles. The molecule has 0 aliphatic carbocycles. The summed E-state index contributed by atoms with van der Waals surface area (Å²) >= 11 is 11.8. The van der Waals surface area contributed by atoms with Crippen molar-refractivity contribution in [3.63, 3.8) is 0 Å². The number of Topliss-reactive ketones (excluding diaryl/α,β-unsaturated/α-hetero) is 1. The molecule has 14 heteroatoms. The Balaban J connectivity index is 1.98. The molecule has 2 aromatic carbocycles. The molecule has 0 fully saturated rings. The zero-order valence-corrected chi connectivity index (χ0v) is 20.6. The maximum atomic E-state index is 13.6. The van der Waals surface area contributed by atoms with Crippen LogP contribution in [-0.2, 0) is 28.7 Å². The number of benzene rings is 2. The number of aliphatic carboxylic acids is 1. The molecule has 0 aromatic heterocycles. The van der Waals surface area contributed by atoms with Crippen molar-refractivity contribution in [1.29, 1.82) is 0 Å². The minimum absolute atomic E-state index is 0.0380. The Kier molecular flexibility index (Phi) is 10.5. The zero-order valence-electron chi connectivity index (χ0n) is 19.0. The van der Waals surface area contributed by atoms with E-state index in [0.29, 0.717) is 0 Å². The number of anilines is 1. The van der Waals surface area contributed by atoms with Gasteiger partial charge in [0.25, 0.3) is 0 Å². The average molecular weight is 556 g/mol. The van der Waals surface area contributed by atoms with Crippen LogP contribution < -0.4 is 16.0 Å². The van der Waals surface area contributed by atoms with E-state index in [0.717, 1.165) is 13.0 Å². The molecule has 0 radical (unpaired) electrons. The number of nitrogens with one attached hydrogen (secondary N) is 3. The number of carboxylic acids is 1. The SMILES string of the molecule is C[C@H](NC(=O)C(=O)Nc1ccccc1F)C(=O)N[C@@H](CC(=O)O)C(=O)COC(=O)c1c(Cl)cccc1Cl. The number of amides is 3. The van der Waals surface area contributed by atoms with Gasteiger partial charge < -0.3 is 25.8 Å². The van der Waals surface area contributed by atoms with E-state index in [1.165, 1.54) is 36.4 Å². The van der Waals surface area contributed by atoms with E-state index in [-0.39, 0.29) is 21.3 Å². The first kappa shape index (κ1) is 29.2. The van der Waals surface area contributed by atoms with Gasteiger partial charge in [0.1, 0.15) is 17.9 Å². The van der Waals surface area contributed by atoms with E-state index in [9.17, 15) is 33.2 Å². The Morgan fingerprint density at radius 1 is 0.946 bits per heavy atom. The van der Waals surface area contributed by atoms with E-state index in [2.05, 4.69) is 5.32 Å². The first-order valence-corrected chi connectivity index (χ1v) is 11.2. The summed E-state index contributed by atoms with van der Waals surface area (Å²) in [6, 6.07) is 6.23. The fourth-order valence-corrected chi connectivity index (χ4v) is 3.34. The molecule has 0 aliphatic heterocycles. The number of para-hydroxylation sites is 1. The van der Waals surface area contributed by atoms with Crippen molar-refractivity contribution in [3.05, 3.63) is 63.9 Å². The van der Waals surface area contributed by atoms with Gasteiger partial charge in [-0.1, -0.05) is 41.4 Å². The van der Waals surface area contributed by atoms with Gasteiger partial charge in [-0.15, -0.1) is 0 Å². The molecular weight excluding hydrogens is 536 g/mol. The second-order valence-corrected chi connectivity index (χ2v) is 8.24. The van der Waals surface area contributed by atoms with Crippen LogP contribution in [0.25, 0.3) is 0 Å². The Morgan fingerprint density at radius 2 is 1.57 bits per heavy atom. The maximum Gasteiger partial charge on any atom is 0.341 e. The smallest absolute Gasteiger partial charge is 0.341 e. The average Bonchev–Trinajstić information content (AvgIpc) is 2.82. The van der Waals surface area contributed by atoms with Crippen molar-refractivity contribution < 1.29 is 43.0 Å². The third kappa shape index (κ3) is 8.54. The van der Waals surface area contributed by atoms with Gasteiger partial charge in [0.15, 0.2) is 12.4 Å². The highest BCUT2D eigenvalue weighted by atomic mass is 35.5. The van der Waals surface area contributed by atoms with Crippen molar-refractivity contribution in [2.75, 3.05) is 11.9 Å². The van der Waals surface area contributed by atoms with Crippen LogP contribution in [0.15, 0.2) is 42.5 Å². The van der Waals surface area contributed by atoms with Crippen LogP contribution in [0.2, 0.25) is 10.0 Å². The molecular formula is C23H20Cl2FN3O8. The summed E-state index contributed by atoms with van der Waals surface area (Å²) in [5.74, 6) is -7.87. The zero-order chi connectivity index (χ0) is 27.7. The van der Waals surface area contributed by atoms with Crippen LogP contribution in [0.5, 0.6) is 0 Å². The van der Waals surface area contributed by atoms with Crippen molar-refractivity contribution in [1.82, 2.24) is 10.6 Å². The van der Waals surface area contributed by atoms with E-state index < -0.39 is 66.4 Å². The number of halogens is 3. The lowest BCUT2D eigenvalue weighted by atomic mass is 10.1. The monoisotopic (exact) mass is 555 g/mol. The molecule has 37 heavy (non-hydrogen) atoms. The minimum Gasteiger partial charge on any atom is -0.481 e. The molecule has 2 atom stereocenters. The highest BCUT2D eigenvalue weighted by Crippen LogP contribution is 2.25. The number of ketones is 1. The first-order valence-electron chi connectivity index (χ1n) is 10.4. The maximum absolute atomic E-state index is 13.6. The van der Waals surface area contributed by atoms with Gasteiger partial charge in [0.05, 0.1) is 27.7 Å². The summed E-state index contributed by atoms with van der Waals surface area (Å²) in [5.41, 5.74) is -0.470. The molecule has 196 valence electrons. The summed E-state index contributed by atoms with van der Waals surface area (Å²) < 4.78 is 18.5. The molecule has 11 nitrogen and oxygen atoms in total. The molecule has 0 unspecified atom stereocenters. The number of hydrogen-bond acceptors (Lipinski definition) is 7. The van der Waals surface area contributed by atoms with Crippen molar-refractivity contribution >= 4 is 64.3 Å². The van der Waals surface area contributed by atoms with E-state index in [1.54, 1.807) is 0 Å². The minimum atomic E-state index is -1.65. The third-order valence-corrected chi connectivity index (χ3v) is 5.30. The van der Waals surface area contributed by atoms with E-state index >= 15 is 0 Å². The second kappa shape index (κ2) is 13.3. The highest BCUT2D eigenvalue weighted by molar-refractivity contribution is 6.40. The number of carbonyl (C=O) groups is 6. The number of esters is 1. The van der Waals surface area contributed by atoms with Gasteiger partial charge in [-0.3, -0.25) is 24.0 Å². The lowest BCUT2D eigenvalue weighted by molar-refractivity contribution is -0.141. The Bertz CT molecular complexity index is 1220. The van der Waals surface area contributed by atoms with Crippen LogP contribution in [-0.4, -0.2) is 59.2 Å². The standard InChI is InChI=1S/C23H20Cl2FN3O8/c1-11(27-21(34)22(35)28-15-8-3-2-7-14(15)26)20(33)29-16(9-18(31)32)17(30)10-37-23(36)19-12(24)5-4-6-13(19)25/h2-8,11,16H,9-10H2,1H3,(H,27,34)(H,28,35)(H,29,33)(H,31,32)/t11-,16-/m0/s1. The van der Waals surface area contributed by atoms with Gasteiger partial charge in [-0.25, -0.2) is 9.18 Å². The molecule has 3 amide bonds. The van der Waals surface area contributed by atoms with Gasteiger partial charge >= 0.3 is 23.8 Å². The molecule has 4 N–H and O–H groups in total. The molecule has 0 bridgehead atoms. The summed E-state index contributed by atoms with van der Waals surface area (Å²) in [6.07, 6.45) is -0.872. The third-order valence-electron chi connectivity index (χ3n) is 4.67. The molecule has 0 aliphatic rings. The van der Waals surface area contributed by atoms with Crippen molar-refractivity contribution in [2.24, 2.45) is 0 Å². The van der Waals surface area contributed by atoms with Crippen LogP contribution in [0, 0.1) is 5.82 Å². The van der Waals surface area contributed by atoms with Crippen LogP contribution >= 0.6 is 23.2 Å². The number of hydrogen-bond donors (Lipinski definition) is 4. The van der Waals surface area contributed by atoms with E-state index in [4.69, 9.17) is 33.0 Å². The fourth-order valence-electron chi connectivity index (χ4n) is 2.79. The number of ether oxygens (including phenoxy) is 1. The second-order valence-electron chi connectivity index (χ2n) is 7.43. The lowest BCUT2D eigenvalue weighted by Crippen LogP contribution is -2.53. The summed E-state index contributed by atoms with van der Waals surface area (Å²) in [6.45, 7) is 0.232. The Labute approximate surface area is 219 Å².